The van der Waals surface area contributed by atoms with Crippen LogP contribution in [0.15, 0.2) is 42.5 Å². The van der Waals surface area contributed by atoms with Crippen molar-refractivity contribution >= 4 is 23.2 Å². The standard InChI is InChI=1S/C23H26FN3O3/c1-3-20-23(29)27(19-14-16(2)8-9-21(19)30-20)15-22(28)26-12-10-25(11-13-26)18-7-5-4-6-17(18)24/h4-9,14,20H,3,10-13,15H2,1-2H3. The number of halogens is 1. The first-order valence-electron chi connectivity index (χ1n) is 10.3. The number of hydrogen-bond donors (Lipinski definition) is 0. The van der Waals surface area contributed by atoms with Gasteiger partial charge in [-0.25, -0.2) is 4.39 Å². The van der Waals surface area contributed by atoms with Gasteiger partial charge < -0.3 is 14.5 Å². The molecule has 2 aromatic carbocycles. The van der Waals surface area contributed by atoms with E-state index in [0.29, 0.717) is 49.7 Å². The fourth-order valence-corrected chi connectivity index (χ4v) is 4.00. The number of benzene rings is 2. The minimum absolute atomic E-state index is 0.0190. The van der Waals surface area contributed by atoms with Crippen LogP contribution in [0, 0.1) is 12.7 Å². The zero-order valence-electron chi connectivity index (χ0n) is 17.3. The number of ether oxygens (including phenoxy) is 1. The number of piperazine rings is 1. The van der Waals surface area contributed by atoms with E-state index < -0.39 is 6.10 Å². The van der Waals surface area contributed by atoms with Crippen LogP contribution in [0.4, 0.5) is 15.8 Å². The number of para-hydroxylation sites is 1. The molecule has 0 aliphatic carbocycles. The molecule has 2 heterocycles. The third-order valence-corrected chi connectivity index (χ3v) is 5.71. The molecule has 0 aromatic heterocycles. The van der Waals surface area contributed by atoms with Crippen LogP contribution in [-0.4, -0.2) is 55.5 Å². The van der Waals surface area contributed by atoms with E-state index in [1.165, 1.54) is 6.07 Å². The van der Waals surface area contributed by atoms with Crippen LogP contribution >= 0.6 is 0 Å². The molecule has 1 atom stereocenters. The van der Waals surface area contributed by atoms with Gasteiger partial charge in [-0.15, -0.1) is 0 Å². The van der Waals surface area contributed by atoms with E-state index in [-0.39, 0.29) is 24.2 Å². The maximum absolute atomic E-state index is 14.0. The number of fused-ring (bicyclic) bond motifs is 1. The summed E-state index contributed by atoms with van der Waals surface area (Å²) in [6.45, 7) is 5.90. The Morgan fingerprint density at radius 3 is 2.53 bits per heavy atom. The van der Waals surface area contributed by atoms with E-state index in [1.807, 2.05) is 43.0 Å². The third-order valence-electron chi connectivity index (χ3n) is 5.71. The fourth-order valence-electron chi connectivity index (χ4n) is 4.00. The predicted molar refractivity (Wildman–Crippen MR) is 113 cm³/mol. The summed E-state index contributed by atoms with van der Waals surface area (Å²) in [5.41, 5.74) is 2.20. The first kappa shape index (κ1) is 20.2. The second kappa shape index (κ2) is 8.34. The Labute approximate surface area is 175 Å². The molecule has 1 fully saturated rings. The Morgan fingerprint density at radius 2 is 1.83 bits per heavy atom. The van der Waals surface area contributed by atoms with E-state index >= 15 is 0 Å². The lowest BCUT2D eigenvalue weighted by molar-refractivity contribution is -0.133. The van der Waals surface area contributed by atoms with Gasteiger partial charge in [0.05, 0.1) is 11.4 Å². The highest BCUT2D eigenvalue weighted by Crippen LogP contribution is 2.35. The largest absolute Gasteiger partial charge is 0.478 e. The van der Waals surface area contributed by atoms with Gasteiger partial charge in [-0.3, -0.25) is 14.5 Å². The molecule has 6 nitrogen and oxygen atoms in total. The van der Waals surface area contributed by atoms with Gasteiger partial charge in [0.1, 0.15) is 18.1 Å². The number of hydrogen-bond acceptors (Lipinski definition) is 4. The normalized spacial score (nSPS) is 18.8. The number of anilines is 2. The highest BCUT2D eigenvalue weighted by molar-refractivity contribution is 6.04. The maximum atomic E-state index is 14.0. The summed E-state index contributed by atoms with van der Waals surface area (Å²) in [4.78, 5) is 31.2. The van der Waals surface area contributed by atoms with Crippen molar-refractivity contribution in [3.05, 3.63) is 53.8 Å². The summed E-state index contributed by atoms with van der Waals surface area (Å²) in [5.74, 6) is 0.0766. The van der Waals surface area contributed by atoms with Gasteiger partial charge in [-0.2, -0.15) is 0 Å². The van der Waals surface area contributed by atoms with E-state index in [9.17, 15) is 14.0 Å². The average molecular weight is 411 g/mol. The smallest absolute Gasteiger partial charge is 0.268 e. The molecule has 2 amide bonds. The summed E-state index contributed by atoms with van der Waals surface area (Å²) in [7, 11) is 0. The van der Waals surface area contributed by atoms with Gasteiger partial charge >= 0.3 is 0 Å². The SMILES string of the molecule is CCC1Oc2ccc(C)cc2N(CC(=O)N2CCN(c3ccccc3F)CC2)C1=O. The number of aryl methyl sites for hydroxylation is 1. The molecule has 1 unspecified atom stereocenters. The van der Waals surface area contributed by atoms with Gasteiger partial charge in [-0.05, 0) is 43.2 Å². The lowest BCUT2D eigenvalue weighted by Crippen LogP contribution is -2.54. The number of rotatable bonds is 4. The molecule has 0 radical (unpaired) electrons. The van der Waals surface area contributed by atoms with Crippen LogP contribution in [0.3, 0.4) is 0 Å². The van der Waals surface area contributed by atoms with E-state index in [2.05, 4.69) is 0 Å². The molecule has 0 spiro atoms. The van der Waals surface area contributed by atoms with Crippen LogP contribution in [0.1, 0.15) is 18.9 Å². The van der Waals surface area contributed by atoms with Crippen LogP contribution < -0.4 is 14.5 Å². The molecule has 2 aliphatic rings. The quantitative estimate of drug-likeness (QED) is 0.776. The molecule has 4 rings (SSSR count). The van der Waals surface area contributed by atoms with Gasteiger partial charge in [0.2, 0.25) is 5.91 Å². The fraction of sp³-hybridized carbons (Fsp3) is 0.391. The van der Waals surface area contributed by atoms with Crippen LogP contribution in [0.5, 0.6) is 5.75 Å². The van der Waals surface area contributed by atoms with Crippen molar-refractivity contribution in [2.24, 2.45) is 0 Å². The van der Waals surface area contributed by atoms with Crippen molar-refractivity contribution in [3.8, 4) is 5.75 Å². The molecule has 1 saturated heterocycles. The highest BCUT2D eigenvalue weighted by Gasteiger charge is 2.35. The molecule has 0 N–H and O–H groups in total. The molecule has 30 heavy (non-hydrogen) atoms. The average Bonchev–Trinajstić information content (AvgIpc) is 2.76. The van der Waals surface area contributed by atoms with E-state index in [1.54, 1.807) is 21.9 Å². The van der Waals surface area contributed by atoms with Crippen LogP contribution in [0.2, 0.25) is 0 Å². The van der Waals surface area contributed by atoms with E-state index in [4.69, 9.17) is 4.74 Å². The Morgan fingerprint density at radius 1 is 1.10 bits per heavy atom. The summed E-state index contributed by atoms with van der Waals surface area (Å²) in [6, 6.07) is 12.3. The third kappa shape index (κ3) is 3.84. The van der Waals surface area contributed by atoms with Gasteiger partial charge in [0.15, 0.2) is 6.10 Å². The first-order valence-corrected chi connectivity index (χ1v) is 10.3. The lowest BCUT2D eigenvalue weighted by atomic mass is 10.1. The van der Waals surface area contributed by atoms with E-state index in [0.717, 1.165) is 5.56 Å². The number of carbonyl (C=O) groups is 2. The van der Waals surface area contributed by atoms with Gasteiger partial charge in [0.25, 0.3) is 5.91 Å². The first-order chi connectivity index (χ1) is 14.5. The summed E-state index contributed by atoms with van der Waals surface area (Å²) >= 11 is 0. The Kier molecular flexibility index (Phi) is 5.61. The Hall–Kier alpha value is -3.09. The van der Waals surface area contributed by atoms with Crippen LogP contribution in [-0.2, 0) is 9.59 Å². The predicted octanol–water partition coefficient (Wildman–Crippen LogP) is 2.99. The maximum Gasteiger partial charge on any atom is 0.268 e. The summed E-state index contributed by atoms with van der Waals surface area (Å²) < 4.78 is 19.9. The Bertz CT molecular complexity index is 956. The number of amides is 2. The minimum Gasteiger partial charge on any atom is -0.478 e. The molecule has 158 valence electrons. The van der Waals surface area contributed by atoms with Gasteiger partial charge in [-0.1, -0.05) is 25.1 Å². The molecular formula is C23H26FN3O3. The molecule has 0 saturated carbocycles. The highest BCUT2D eigenvalue weighted by atomic mass is 19.1. The van der Waals surface area contributed by atoms with Crippen molar-refractivity contribution in [1.82, 2.24) is 4.90 Å². The second-order valence-corrected chi connectivity index (χ2v) is 7.73. The molecule has 2 aromatic rings. The van der Waals surface area contributed by atoms with Crippen molar-refractivity contribution in [2.75, 3.05) is 42.5 Å². The number of nitrogens with zero attached hydrogens (tertiary/aromatic N) is 3. The molecular weight excluding hydrogens is 385 g/mol. The monoisotopic (exact) mass is 411 g/mol. The van der Waals surface area contributed by atoms with Crippen LogP contribution in [0.25, 0.3) is 0 Å². The Balaban J connectivity index is 1.46. The van der Waals surface area contributed by atoms with Crippen molar-refractivity contribution in [1.29, 1.82) is 0 Å². The molecule has 0 bridgehead atoms. The van der Waals surface area contributed by atoms with Gasteiger partial charge in [0, 0.05) is 26.2 Å². The minimum atomic E-state index is -0.578. The topological polar surface area (TPSA) is 53.1 Å². The summed E-state index contributed by atoms with van der Waals surface area (Å²) in [5, 5.41) is 0. The second-order valence-electron chi connectivity index (χ2n) is 7.73. The summed E-state index contributed by atoms with van der Waals surface area (Å²) in [6.07, 6.45) is -0.0380. The van der Waals surface area contributed by atoms with Crippen molar-refractivity contribution < 1.29 is 18.7 Å². The molecule has 2 aliphatic heterocycles. The lowest BCUT2D eigenvalue weighted by Gasteiger charge is -2.38. The van der Waals surface area contributed by atoms with Crippen molar-refractivity contribution in [2.45, 2.75) is 26.4 Å². The zero-order valence-corrected chi connectivity index (χ0v) is 17.3. The molecule has 7 heteroatoms. The zero-order chi connectivity index (χ0) is 21.3. The van der Waals surface area contributed by atoms with Crippen molar-refractivity contribution in [3.63, 3.8) is 0 Å². The number of carbonyl (C=O) groups excluding carboxylic acids is 2.